The summed E-state index contributed by atoms with van der Waals surface area (Å²) in [6, 6.07) is 11.5. The first-order valence-corrected chi connectivity index (χ1v) is 13.9. The first-order chi connectivity index (χ1) is 15.3. The second-order valence-electron chi connectivity index (χ2n) is 8.10. The quantitative estimate of drug-likeness (QED) is 0.513. The van der Waals surface area contributed by atoms with Crippen molar-refractivity contribution in [3.8, 4) is 10.6 Å². The van der Waals surface area contributed by atoms with E-state index in [2.05, 4.69) is 9.71 Å². The van der Waals surface area contributed by atoms with Gasteiger partial charge in [0, 0.05) is 30.6 Å². The summed E-state index contributed by atoms with van der Waals surface area (Å²) in [5, 5.41) is 2.47. The van der Waals surface area contributed by atoms with Crippen molar-refractivity contribution >= 4 is 38.6 Å². The van der Waals surface area contributed by atoms with E-state index in [1.807, 2.05) is 49.1 Å². The molecule has 0 saturated carbocycles. The highest BCUT2D eigenvalue weighted by atomic mass is 32.2. The van der Waals surface area contributed by atoms with Crippen LogP contribution in [0, 0.1) is 6.92 Å². The predicted molar refractivity (Wildman–Crippen MR) is 130 cm³/mol. The van der Waals surface area contributed by atoms with Crippen LogP contribution in [0.15, 0.2) is 46.0 Å². The zero-order valence-electron chi connectivity index (χ0n) is 18.2. The number of benzene rings is 1. The maximum atomic E-state index is 12.9. The lowest BCUT2D eigenvalue weighted by molar-refractivity contribution is 0.0728. The number of sulfonamides is 1. The molecule has 6 nitrogen and oxygen atoms in total. The fourth-order valence-corrected chi connectivity index (χ4v) is 7.17. The normalized spacial score (nSPS) is 15.6. The van der Waals surface area contributed by atoms with Crippen LogP contribution in [0.2, 0.25) is 0 Å². The van der Waals surface area contributed by atoms with Crippen molar-refractivity contribution in [2.75, 3.05) is 19.6 Å². The molecule has 1 aliphatic heterocycles. The molecule has 3 heterocycles. The van der Waals surface area contributed by atoms with Crippen LogP contribution in [-0.4, -0.2) is 43.8 Å². The average Bonchev–Trinajstić information content (AvgIpc) is 3.46. The Hall–Kier alpha value is -2.07. The summed E-state index contributed by atoms with van der Waals surface area (Å²) in [6.45, 7) is 5.74. The highest BCUT2D eigenvalue weighted by molar-refractivity contribution is 7.91. The fourth-order valence-electron chi connectivity index (χ4n) is 3.73. The van der Waals surface area contributed by atoms with Crippen molar-refractivity contribution in [3.05, 3.63) is 57.9 Å². The molecule has 170 valence electrons. The minimum absolute atomic E-state index is 0.0330. The average molecular weight is 490 g/mol. The fraction of sp³-hybridized carbons (Fsp3) is 0.391. The van der Waals surface area contributed by atoms with Crippen molar-refractivity contribution in [1.82, 2.24) is 14.6 Å². The lowest BCUT2D eigenvalue weighted by Crippen LogP contribution is -2.35. The van der Waals surface area contributed by atoms with E-state index in [0.717, 1.165) is 37.1 Å². The summed E-state index contributed by atoms with van der Waals surface area (Å²) in [4.78, 5) is 20.0. The predicted octanol–water partition coefficient (Wildman–Crippen LogP) is 4.89. The van der Waals surface area contributed by atoms with E-state index in [1.54, 1.807) is 11.4 Å². The molecule has 0 radical (unpaired) electrons. The number of carbonyl (C=O) groups excluding carboxylic acids is 1. The number of aryl methyl sites for hydroxylation is 1. The van der Waals surface area contributed by atoms with E-state index < -0.39 is 10.0 Å². The lowest BCUT2D eigenvalue weighted by atomic mass is 10.0. The maximum Gasteiger partial charge on any atom is 0.265 e. The van der Waals surface area contributed by atoms with E-state index in [1.165, 1.54) is 29.1 Å². The van der Waals surface area contributed by atoms with Crippen molar-refractivity contribution in [3.63, 3.8) is 0 Å². The smallest absolute Gasteiger partial charge is 0.265 e. The molecule has 1 N–H and O–H groups in total. The Bertz CT molecular complexity index is 1180. The Balaban J connectivity index is 1.46. The lowest BCUT2D eigenvalue weighted by Gasteiger charge is -2.26. The van der Waals surface area contributed by atoms with Crippen LogP contribution in [0.4, 0.5) is 0 Å². The van der Waals surface area contributed by atoms with E-state index in [0.29, 0.717) is 22.1 Å². The monoisotopic (exact) mass is 489 g/mol. The maximum absolute atomic E-state index is 12.9. The Morgan fingerprint density at radius 2 is 1.91 bits per heavy atom. The summed E-state index contributed by atoms with van der Waals surface area (Å²) >= 11 is 2.51. The zero-order chi connectivity index (χ0) is 22.7. The molecule has 1 aliphatic rings. The molecule has 9 heteroatoms. The summed E-state index contributed by atoms with van der Waals surface area (Å²) in [5.74, 6) is 0.0981. The topological polar surface area (TPSA) is 79.4 Å². The first kappa shape index (κ1) is 23.1. The number of thiophene rings is 1. The van der Waals surface area contributed by atoms with E-state index in [9.17, 15) is 13.2 Å². The third-order valence-electron chi connectivity index (χ3n) is 5.67. The Kier molecular flexibility index (Phi) is 7.09. The van der Waals surface area contributed by atoms with Gasteiger partial charge in [0.15, 0.2) is 0 Å². The second kappa shape index (κ2) is 9.82. The molecular formula is C23H27N3O3S3. The van der Waals surface area contributed by atoms with Crippen LogP contribution in [0.5, 0.6) is 0 Å². The van der Waals surface area contributed by atoms with Gasteiger partial charge in [0.1, 0.15) is 14.1 Å². The van der Waals surface area contributed by atoms with Crippen LogP contribution < -0.4 is 4.72 Å². The third kappa shape index (κ3) is 5.11. The van der Waals surface area contributed by atoms with Gasteiger partial charge in [-0.15, -0.1) is 22.7 Å². The van der Waals surface area contributed by atoms with Gasteiger partial charge >= 0.3 is 0 Å². The number of likely N-dealkylation sites (tertiary alicyclic amines) is 1. The molecule has 0 spiro atoms. The largest absolute Gasteiger partial charge is 0.338 e. The van der Waals surface area contributed by atoms with Crippen LogP contribution in [0.3, 0.4) is 0 Å². The molecule has 0 bridgehead atoms. The molecule has 1 aromatic carbocycles. The summed E-state index contributed by atoms with van der Waals surface area (Å²) in [6.07, 6.45) is 3.25. The van der Waals surface area contributed by atoms with Gasteiger partial charge in [0.2, 0.25) is 10.0 Å². The van der Waals surface area contributed by atoms with Crippen LogP contribution in [-0.2, 0) is 10.0 Å². The number of thiazole rings is 1. The number of carbonyl (C=O) groups is 1. The highest BCUT2D eigenvalue weighted by Gasteiger charge is 2.25. The van der Waals surface area contributed by atoms with Crippen LogP contribution in [0.25, 0.3) is 10.6 Å². The number of amides is 1. The van der Waals surface area contributed by atoms with Gasteiger partial charge < -0.3 is 4.90 Å². The van der Waals surface area contributed by atoms with E-state index >= 15 is 0 Å². The molecule has 3 aromatic rings. The van der Waals surface area contributed by atoms with E-state index in [4.69, 9.17) is 0 Å². The van der Waals surface area contributed by atoms with Gasteiger partial charge in [-0.1, -0.05) is 37.3 Å². The van der Waals surface area contributed by atoms with Crippen LogP contribution >= 0.6 is 22.7 Å². The number of piperidine rings is 1. The molecule has 0 unspecified atom stereocenters. The van der Waals surface area contributed by atoms with Crippen LogP contribution in [0.1, 0.15) is 53.0 Å². The molecule has 1 saturated heterocycles. The number of aromatic nitrogens is 1. The Morgan fingerprint density at radius 3 is 2.62 bits per heavy atom. The molecule has 1 amide bonds. The van der Waals surface area contributed by atoms with Gasteiger partial charge in [-0.3, -0.25) is 4.79 Å². The van der Waals surface area contributed by atoms with Gasteiger partial charge in [-0.2, -0.15) is 0 Å². The molecule has 1 atom stereocenters. The number of nitrogens with one attached hydrogen (secondary N) is 1. The van der Waals surface area contributed by atoms with Crippen molar-refractivity contribution in [1.29, 1.82) is 0 Å². The van der Waals surface area contributed by atoms with Crippen molar-refractivity contribution in [2.45, 2.75) is 43.2 Å². The summed E-state index contributed by atoms with van der Waals surface area (Å²) in [5.41, 5.74) is 2.52. The van der Waals surface area contributed by atoms with Gasteiger partial charge in [-0.05, 0) is 43.7 Å². The zero-order valence-corrected chi connectivity index (χ0v) is 20.7. The third-order valence-corrected chi connectivity index (χ3v) is 9.73. The molecule has 1 fully saturated rings. The van der Waals surface area contributed by atoms with Gasteiger partial charge in [-0.25, -0.2) is 18.1 Å². The Morgan fingerprint density at radius 1 is 1.19 bits per heavy atom. The molecule has 4 rings (SSSR count). The molecule has 32 heavy (non-hydrogen) atoms. The Labute approximate surface area is 197 Å². The van der Waals surface area contributed by atoms with Gasteiger partial charge in [0.25, 0.3) is 5.91 Å². The molecular weight excluding hydrogens is 462 g/mol. The van der Waals surface area contributed by atoms with Gasteiger partial charge in [0.05, 0.1) is 5.69 Å². The first-order valence-electron chi connectivity index (χ1n) is 10.8. The molecule has 0 aliphatic carbocycles. The summed E-state index contributed by atoms with van der Waals surface area (Å²) in [7, 11) is -3.62. The highest BCUT2D eigenvalue weighted by Crippen LogP contribution is 2.34. The number of rotatable bonds is 7. The standard InChI is InChI=1S/C23H27N3O3S3/c1-16(18-9-5-3-6-10-18)14-24-32(28,29)20-13-19(15-30-20)22-25-17(2)21(31-22)23(27)26-11-7-4-8-12-26/h3,5-6,9-10,13,15-16,24H,4,7-8,11-12,14H2,1-2H3/t16-/m0/s1. The number of nitrogens with zero attached hydrogens (tertiary/aromatic N) is 2. The minimum atomic E-state index is -3.62. The van der Waals surface area contributed by atoms with Crippen molar-refractivity contribution in [2.24, 2.45) is 0 Å². The number of hydrogen-bond donors (Lipinski definition) is 1. The number of hydrogen-bond acceptors (Lipinski definition) is 6. The second-order valence-corrected chi connectivity index (χ2v) is 12.0. The van der Waals surface area contributed by atoms with Crippen molar-refractivity contribution < 1.29 is 13.2 Å². The SMILES string of the molecule is Cc1nc(-c2csc(S(=O)(=O)NC[C@H](C)c3ccccc3)c2)sc1C(=O)N1CCCCC1. The minimum Gasteiger partial charge on any atom is -0.338 e. The van der Waals surface area contributed by atoms with E-state index in [-0.39, 0.29) is 16.0 Å². The summed E-state index contributed by atoms with van der Waals surface area (Å²) < 4.78 is 28.6. The molecule has 2 aromatic heterocycles.